The molecule has 0 spiro atoms. The SMILES string of the molecule is COc1ccc(C(=O)C(C)Sc2nc3ccccc3n2C)cc1. The minimum Gasteiger partial charge on any atom is -0.497 e. The van der Waals surface area contributed by atoms with Crippen molar-refractivity contribution in [2.45, 2.75) is 17.3 Å². The molecule has 1 aromatic heterocycles. The van der Waals surface area contributed by atoms with Gasteiger partial charge >= 0.3 is 0 Å². The monoisotopic (exact) mass is 326 g/mol. The van der Waals surface area contributed by atoms with Crippen LogP contribution >= 0.6 is 11.8 Å². The minimum absolute atomic E-state index is 0.0877. The summed E-state index contributed by atoms with van der Waals surface area (Å²) in [5.74, 6) is 0.835. The number of para-hydroxylation sites is 2. The normalized spacial score (nSPS) is 12.3. The zero-order valence-electron chi connectivity index (χ0n) is 13.3. The number of rotatable bonds is 5. The van der Waals surface area contributed by atoms with Gasteiger partial charge in [0.15, 0.2) is 10.9 Å². The number of ether oxygens (including phenoxy) is 1. The number of aryl methyl sites for hydroxylation is 1. The van der Waals surface area contributed by atoms with Crippen LogP contribution in [-0.4, -0.2) is 27.7 Å². The summed E-state index contributed by atoms with van der Waals surface area (Å²) in [5, 5.41) is 0.638. The summed E-state index contributed by atoms with van der Waals surface area (Å²) in [6, 6.07) is 15.2. The molecular weight excluding hydrogens is 308 g/mol. The van der Waals surface area contributed by atoms with E-state index in [0.717, 1.165) is 21.9 Å². The number of carbonyl (C=O) groups is 1. The molecule has 0 aliphatic heterocycles. The first kappa shape index (κ1) is 15.6. The summed E-state index contributed by atoms with van der Waals surface area (Å²) < 4.78 is 7.15. The van der Waals surface area contributed by atoms with Crippen LogP contribution in [0.25, 0.3) is 11.0 Å². The molecule has 1 atom stereocenters. The molecule has 4 nitrogen and oxygen atoms in total. The first-order chi connectivity index (χ1) is 11.1. The van der Waals surface area contributed by atoms with E-state index in [1.165, 1.54) is 11.8 Å². The molecule has 0 amide bonds. The average molecular weight is 326 g/mol. The lowest BCUT2D eigenvalue weighted by Gasteiger charge is -2.10. The van der Waals surface area contributed by atoms with Gasteiger partial charge in [-0.2, -0.15) is 0 Å². The largest absolute Gasteiger partial charge is 0.497 e. The number of thioether (sulfide) groups is 1. The lowest BCUT2D eigenvalue weighted by molar-refractivity contribution is 0.0994. The van der Waals surface area contributed by atoms with E-state index in [2.05, 4.69) is 4.98 Å². The van der Waals surface area contributed by atoms with Crippen molar-refractivity contribution < 1.29 is 9.53 Å². The van der Waals surface area contributed by atoms with Gasteiger partial charge in [-0.05, 0) is 43.3 Å². The quantitative estimate of drug-likeness (QED) is 0.526. The fraction of sp³-hybridized carbons (Fsp3) is 0.222. The first-order valence-electron chi connectivity index (χ1n) is 7.36. The molecule has 1 heterocycles. The summed E-state index contributed by atoms with van der Waals surface area (Å²) in [5.41, 5.74) is 2.70. The number of hydrogen-bond acceptors (Lipinski definition) is 4. The van der Waals surface area contributed by atoms with E-state index >= 15 is 0 Å². The molecule has 3 rings (SSSR count). The van der Waals surface area contributed by atoms with Crippen LogP contribution in [0.2, 0.25) is 0 Å². The van der Waals surface area contributed by atoms with E-state index in [1.807, 2.05) is 42.8 Å². The predicted molar refractivity (Wildman–Crippen MR) is 93.4 cm³/mol. The Balaban J connectivity index is 1.80. The second-order valence-electron chi connectivity index (χ2n) is 5.29. The number of hydrogen-bond donors (Lipinski definition) is 0. The van der Waals surface area contributed by atoms with Crippen molar-refractivity contribution in [1.82, 2.24) is 9.55 Å². The number of Topliss-reactive ketones (excluding diaryl/α,β-unsaturated/α-hetero) is 1. The van der Waals surface area contributed by atoms with Crippen LogP contribution in [0.15, 0.2) is 53.7 Å². The second kappa shape index (κ2) is 6.46. The molecule has 0 saturated carbocycles. The molecule has 0 N–H and O–H groups in total. The number of fused-ring (bicyclic) bond motifs is 1. The third-order valence-electron chi connectivity index (χ3n) is 3.77. The summed E-state index contributed by atoms with van der Waals surface area (Å²) in [6.07, 6.45) is 0. The predicted octanol–water partition coefficient (Wildman–Crippen LogP) is 3.95. The first-order valence-corrected chi connectivity index (χ1v) is 8.24. The zero-order valence-corrected chi connectivity index (χ0v) is 14.1. The highest BCUT2D eigenvalue weighted by Gasteiger charge is 2.19. The highest BCUT2D eigenvalue weighted by atomic mass is 32.2. The van der Waals surface area contributed by atoms with Gasteiger partial charge in [-0.25, -0.2) is 4.98 Å². The molecule has 0 aliphatic carbocycles. The number of carbonyl (C=O) groups excluding carboxylic acids is 1. The maximum absolute atomic E-state index is 12.6. The van der Waals surface area contributed by atoms with Gasteiger partial charge in [-0.3, -0.25) is 4.79 Å². The Labute approximate surface area is 139 Å². The van der Waals surface area contributed by atoms with E-state index in [1.54, 1.807) is 31.4 Å². The van der Waals surface area contributed by atoms with Crippen molar-refractivity contribution in [3.63, 3.8) is 0 Å². The van der Waals surface area contributed by atoms with Crippen molar-refractivity contribution in [1.29, 1.82) is 0 Å². The Morgan fingerprint density at radius 2 is 1.87 bits per heavy atom. The van der Waals surface area contributed by atoms with Crippen LogP contribution in [0.4, 0.5) is 0 Å². The summed E-state index contributed by atoms with van der Waals surface area (Å²) in [4.78, 5) is 17.2. The van der Waals surface area contributed by atoms with Crippen LogP contribution < -0.4 is 4.74 Å². The Hall–Kier alpha value is -2.27. The van der Waals surface area contributed by atoms with Crippen molar-refractivity contribution in [2.24, 2.45) is 7.05 Å². The lowest BCUT2D eigenvalue weighted by atomic mass is 10.1. The topological polar surface area (TPSA) is 44.1 Å². The van der Waals surface area contributed by atoms with Gasteiger partial charge in [-0.15, -0.1) is 0 Å². The van der Waals surface area contributed by atoms with Gasteiger partial charge in [0.1, 0.15) is 5.75 Å². The maximum Gasteiger partial charge on any atom is 0.175 e. The number of imidazole rings is 1. The van der Waals surface area contributed by atoms with E-state index in [-0.39, 0.29) is 11.0 Å². The molecule has 5 heteroatoms. The summed E-state index contributed by atoms with van der Waals surface area (Å²) in [6.45, 7) is 1.91. The Bertz CT molecular complexity index is 840. The van der Waals surface area contributed by atoms with E-state index in [9.17, 15) is 4.79 Å². The third-order valence-corrected chi connectivity index (χ3v) is 4.92. The fourth-order valence-corrected chi connectivity index (χ4v) is 3.40. The van der Waals surface area contributed by atoms with Crippen molar-refractivity contribution in [3.05, 3.63) is 54.1 Å². The highest BCUT2D eigenvalue weighted by Crippen LogP contribution is 2.28. The third kappa shape index (κ3) is 3.10. The Morgan fingerprint density at radius 3 is 2.52 bits per heavy atom. The molecule has 0 bridgehead atoms. The van der Waals surface area contributed by atoms with Crippen molar-refractivity contribution in [3.8, 4) is 5.75 Å². The van der Waals surface area contributed by atoms with E-state index < -0.39 is 0 Å². The molecule has 118 valence electrons. The molecule has 0 saturated heterocycles. The second-order valence-corrected chi connectivity index (χ2v) is 6.60. The van der Waals surface area contributed by atoms with E-state index in [4.69, 9.17) is 4.74 Å². The number of aromatic nitrogens is 2. The molecule has 0 aliphatic rings. The van der Waals surface area contributed by atoms with Gasteiger partial charge < -0.3 is 9.30 Å². The zero-order chi connectivity index (χ0) is 16.4. The summed E-state index contributed by atoms with van der Waals surface area (Å²) >= 11 is 1.48. The lowest BCUT2D eigenvalue weighted by Crippen LogP contribution is -2.14. The van der Waals surface area contributed by atoms with E-state index in [0.29, 0.717) is 5.56 Å². The molecular formula is C18H18N2O2S. The fourth-order valence-electron chi connectivity index (χ4n) is 2.43. The molecule has 23 heavy (non-hydrogen) atoms. The van der Waals surface area contributed by atoms with Crippen LogP contribution in [0.3, 0.4) is 0 Å². The minimum atomic E-state index is -0.209. The van der Waals surface area contributed by atoms with Crippen molar-refractivity contribution in [2.75, 3.05) is 7.11 Å². The van der Waals surface area contributed by atoms with Gasteiger partial charge in [0, 0.05) is 12.6 Å². The number of nitrogens with zero attached hydrogens (tertiary/aromatic N) is 2. The highest BCUT2D eigenvalue weighted by molar-refractivity contribution is 8.00. The van der Waals surface area contributed by atoms with Crippen LogP contribution in [0, 0.1) is 0 Å². The maximum atomic E-state index is 12.6. The number of methoxy groups -OCH3 is 1. The van der Waals surface area contributed by atoms with Crippen LogP contribution in [0.1, 0.15) is 17.3 Å². The Kier molecular flexibility index (Phi) is 4.39. The molecule has 0 fully saturated rings. The standard InChI is InChI=1S/C18H18N2O2S/c1-12(17(21)13-8-10-14(22-3)11-9-13)23-18-19-15-6-4-5-7-16(15)20(18)2/h4-12H,1-3H3. The van der Waals surface area contributed by atoms with Gasteiger partial charge in [0.05, 0.1) is 23.4 Å². The smallest absolute Gasteiger partial charge is 0.175 e. The Morgan fingerprint density at radius 1 is 1.17 bits per heavy atom. The van der Waals surface area contributed by atoms with Crippen LogP contribution in [0.5, 0.6) is 5.75 Å². The average Bonchev–Trinajstić information content (AvgIpc) is 2.90. The number of benzene rings is 2. The number of ketones is 1. The van der Waals surface area contributed by atoms with Gasteiger partial charge in [0.2, 0.25) is 0 Å². The van der Waals surface area contributed by atoms with Gasteiger partial charge in [-0.1, -0.05) is 23.9 Å². The van der Waals surface area contributed by atoms with Crippen molar-refractivity contribution >= 4 is 28.6 Å². The summed E-state index contributed by atoms with van der Waals surface area (Å²) in [7, 11) is 3.59. The molecule has 3 aromatic rings. The molecule has 2 aromatic carbocycles. The van der Waals surface area contributed by atoms with Gasteiger partial charge in [0.25, 0.3) is 0 Å². The molecule has 0 radical (unpaired) electrons. The molecule has 1 unspecified atom stereocenters. The van der Waals surface area contributed by atoms with Crippen LogP contribution in [-0.2, 0) is 7.05 Å².